The van der Waals surface area contributed by atoms with Crippen LogP contribution < -0.4 is 5.32 Å². The van der Waals surface area contributed by atoms with Crippen molar-refractivity contribution in [3.63, 3.8) is 0 Å². The predicted octanol–water partition coefficient (Wildman–Crippen LogP) is 5.13. The SMILES string of the molecule is CNc1nc(-c2cccnc2)nc2c(C)c(-c3cc(F)c(F)cc3F)ccc12. The molecule has 0 spiro atoms. The number of hydrogen-bond donors (Lipinski definition) is 1. The van der Waals surface area contributed by atoms with Gasteiger partial charge < -0.3 is 5.32 Å². The Morgan fingerprint density at radius 1 is 0.893 bits per heavy atom. The molecule has 2 aromatic heterocycles. The molecule has 0 saturated carbocycles. The minimum absolute atomic E-state index is 0.0224. The van der Waals surface area contributed by atoms with Gasteiger partial charge >= 0.3 is 0 Å². The molecule has 0 bridgehead atoms. The summed E-state index contributed by atoms with van der Waals surface area (Å²) in [5.41, 5.74) is 2.35. The number of hydrogen-bond acceptors (Lipinski definition) is 4. The summed E-state index contributed by atoms with van der Waals surface area (Å²) >= 11 is 0. The number of benzene rings is 2. The number of aromatic nitrogens is 3. The third kappa shape index (κ3) is 2.94. The Hall–Kier alpha value is -3.48. The summed E-state index contributed by atoms with van der Waals surface area (Å²) in [6.07, 6.45) is 3.30. The molecule has 28 heavy (non-hydrogen) atoms. The minimum atomic E-state index is -1.22. The van der Waals surface area contributed by atoms with Gasteiger partial charge in [-0.15, -0.1) is 0 Å². The van der Waals surface area contributed by atoms with Crippen LogP contribution in [0.5, 0.6) is 0 Å². The van der Waals surface area contributed by atoms with E-state index in [4.69, 9.17) is 0 Å². The Labute approximate surface area is 159 Å². The Morgan fingerprint density at radius 3 is 2.39 bits per heavy atom. The number of halogens is 3. The third-order valence-electron chi connectivity index (χ3n) is 4.58. The molecule has 4 nitrogen and oxygen atoms in total. The van der Waals surface area contributed by atoms with Gasteiger partial charge in [0.05, 0.1) is 5.52 Å². The number of fused-ring (bicyclic) bond motifs is 1. The standard InChI is InChI=1S/C21H15F3N4/c1-11-13(15-8-17(23)18(24)9-16(15)22)5-6-14-19(11)27-20(28-21(14)25-2)12-4-3-7-26-10-12/h3-10H,1-2H3,(H,25,27,28). The summed E-state index contributed by atoms with van der Waals surface area (Å²) in [6.45, 7) is 1.76. The van der Waals surface area contributed by atoms with Crippen LogP contribution in [0.15, 0.2) is 48.8 Å². The Balaban J connectivity index is 1.99. The highest BCUT2D eigenvalue weighted by Gasteiger charge is 2.17. The molecule has 4 aromatic rings. The molecule has 0 unspecified atom stereocenters. The second-order valence-electron chi connectivity index (χ2n) is 6.27. The summed E-state index contributed by atoms with van der Waals surface area (Å²) in [5.74, 6) is -2.11. The molecule has 4 rings (SSSR count). The monoisotopic (exact) mass is 380 g/mol. The molecule has 0 radical (unpaired) electrons. The Morgan fingerprint density at radius 2 is 1.68 bits per heavy atom. The second-order valence-corrected chi connectivity index (χ2v) is 6.27. The maximum absolute atomic E-state index is 14.3. The molecule has 7 heteroatoms. The summed E-state index contributed by atoms with van der Waals surface area (Å²) in [6, 6.07) is 8.41. The average Bonchev–Trinajstić information content (AvgIpc) is 2.71. The van der Waals surface area contributed by atoms with Gasteiger partial charge in [0.2, 0.25) is 0 Å². The van der Waals surface area contributed by atoms with Crippen LogP contribution in [-0.2, 0) is 0 Å². The quantitative estimate of drug-likeness (QED) is 0.501. The van der Waals surface area contributed by atoms with E-state index in [2.05, 4.69) is 20.3 Å². The van der Waals surface area contributed by atoms with Crippen molar-refractivity contribution < 1.29 is 13.2 Å². The van der Waals surface area contributed by atoms with E-state index in [1.165, 1.54) is 0 Å². The largest absolute Gasteiger partial charge is 0.373 e. The van der Waals surface area contributed by atoms with Gasteiger partial charge in [-0.25, -0.2) is 23.1 Å². The first-order chi connectivity index (χ1) is 13.5. The predicted molar refractivity (Wildman–Crippen MR) is 102 cm³/mol. The number of aryl methyl sites for hydroxylation is 1. The summed E-state index contributed by atoms with van der Waals surface area (Å²) in [5, 5.41) is 3.77. The summed E-state index contributed by atoms with van der Waals surface area (Å²) in [4.78, 5) is 13.2. The van der Waals surface area contributed by atoms with E-state index in [0.29, 0.717) is 34.4 Å². The lowest BCUT2D eigenvalue weighted by molar-refractivity contribution is 0.496. The van der Waals surface area contributed by atoms with Gasteiger partial charge in [0.15, 0.2) is 17.5 Å². The van der Waals surface area contributed by atoms with Gasteiger partial charge in [-0.1, -0.05) is 6.07 Å². The topological polar surface area (TPSA) is 50.7 Å². The zero-order valence-corrected chi connectivity index (χ0v) is 15.1. The van der Waals surface area contributed by atoms with E-state index in [0.717, 1.165) is 17.0 Å². The number of nitrogens with one attached hydrogen (secondary N) is 1. The van der Waals surface area contributed by atoms with Gasteiger partial charge in [0.25, 0.3) is 0 Å². The molecule has 1 N–H and O–H groups in total. The van der Waals surface area contributed by atoms with Crippen molar-refractivity contribution in [1.29, 1.82) is 0 Å². The fourth-order valence-electron chi connectivity index (χ4n) is 3.17. The molecule has 0 aliphatic rings. The van der Waals surface area contributed by atoms with Crippen LogP contribution in [0.1, 0.15) is 5.56 Å². The lowest BCUT2D eigenvalue weighted by Crippen LogP contribution is -2.01. The van der Waals surface area contributed by atoms with Gasteiger partial charge in [-0.2, -0.15) is 0 Å². The lowest BCUT2D eigenvalue weighted by Gasteiger charge is -2.14. The molecule has 0 fully saturated rings. The smallest absolute Gasteiger partial charge is 0.163 e. The molecule has 0 atom stereocenters. The van der Waals surface area contributed by atoms with Gasteiger partial charge in [-0.3, -0.25) is 4.98 Å². The van der Waals surface area contributed by atoms with E-state index in [1.807, 2.05) is 6.07 Å². The van der Waals surface area contributed by atoms with Crippen molar-refractivity contribution in [2.75, 3.05) is 12.4 Å². The number of pyridine rings is 1. The first-order valence-corrected chi connectivity index (χ1v) is 8.54. The maximum atomic E-state index is 14.3. The van der Waals surface area contributed by atoms with Crippen molar-refractivity contribution in [3.8, 4) is 22.5 Å². The van der Waals surface area contributed by atoms with Crippen molar-refractivity contribution >= 4 is 16.7 Å². The summed E-state index contributed by atoms with van der Waals surface area (Å²) in [7, 11) is 1.74. The van der Waals surface area contributed by atoms with Crippen LogP contribution in [0.2, 0.25) is 0 Å². The fourth-order valence-corrected chi connectivity index (χ4v) is 3.17. The van der Waals surface area contributed by atoms with E-state index in [9.17, 15) is 13.2 Å². The number of nitrogens with zero attached hydrogens (tertiary/aromatic N) is 3. The number of rotatable bonds is 3. The van der Waals surface area contributed by atoms with Crippen molar-refractivity contribution in [3.05, 3.63) is 71.8 Å². The average molecular weight is 380 g/mol. The second kappa shape index (κ2) is 6.92. The van der Waals surface area contributed by atoms with E-state index >= 15 is 0 Å². The van der Waals surface area contributed by atoms with Crippen LogP contribution >= 0.6 is 0 Å². The zero-order valence-electron chi connectivity index (χ0n) is 15.1. The van der Waals surface area contributed by atoms with Crippen LogP contribution in [0.4, 0.5) is 19.0 Å². The van der Waals surface area contributed by atoms with E-state index < -0.39 is 17.5 Å². The van der Waals surface area contributed by atoms with Gasteiger partial charge in [0, 0.05) is 42.0 Å². The van der Waals surface area contributed by atoms with E-state index in [1.54, 1.807) is 44.6 Å². The summed E-state index contributed by atoms with van der Waals surface area (Å²) < 4.78 is 41.4. The normalized spacial score (nSPS) is 11.0. The van der Waals surface area contributed by atoms with Crippen molar-refractivity contribution in [1.82, 2.24) is 15.0 Å². The molecule has 0 saturated heterocycles. The van der Waals surface area contributed by atoms with Gasteiger partial charge in [0.1, 0.15) is 11.6 Å². The maximum Gasteiger partial charge on any atom is 0.163 e. The highest BCUT2D eigenvalue weighted by Crippen LogP contribution is 2.34. The molecular weight excluding hydrogens is 365 g/mol. The zero-order chi connectivity index (χ0) is 19.8. The van der Waals surface area contributed by atoms with Crippen LogP contribution in [-0.4, -0.2) is 22.0 Å². The third-order valence-corrected chi connectivity index (χ3v) is 4.58. The number of anilines is 1. The molecule has 140 valence electrons. The molecule has 2 heterocycles. The molecule has 0 aliphatic carbocycles. The van der Waals surface area contributed by atoms with Crippen LogP contribution in [0, 0.1) is 24.4 Å². The molecule has 2 aromatic carbocycles. The fraction of sp³-hybridized carbons (Fsp3) is 0.0952. The highest BCUT2D eigenvalue weighted by molar-refractivity contribution is 5.96. The first kappa shape index (κ1) is 17.9. The van der Waals surface area contributed by atoms with Crippen LogP contribution in [0.25, 0.3) is 33.4 Å². The van der Waals surface area contributed by atoms with E-state index in [-0.39, 0.29) is 5.56 Å². The molecule has 0 amide bonds. The van der Waals surface area contributed by atoms with Crippen LogP contribution in [0.3, 0.4) is 0 Å². The highest BCUT2D eigenvalue weighted by atomic mass is 19.2. The Kier molecular flexibility index (Phi) is 4.43. The van der Waals surface area contributed by atoms with Crippen molar-refractivity contribution in [2.24, 2.45) is 0 Å². The lowest BCUT2D eigenvalue weighted by atomic mass is 9.97. The first-order valence-electron chi connectivity index (χ1n) is 8.54. The van der Waals surface area contributed by atoms with Gasteiger partial charge in [-0.05, 0) is 42.3 Å². The van der Waals surface area contributed by atoms with Crippen molar-refractivity contribution in [2.45, 2.75) is 6.92 Å². The minimum Gasteiger partial charge on any atom is -0.373 e. The molecular formula is C21H15F3N4. The molecule has 0 aliphatic heterocycles. The Bertz CT molecular complexity index is 1190.